The van der Waals surface area contributed by atoms with Crippen LogP contribution in [0.2, 0.25) is 0 Å². The summed E-state index contributed by atoms with van der Waals surface area (Å²) in [6.07, 6.45) is 5.53. The molecule has 5 heterocycles. The number of piperidine rings is 3. The van der Waals surface area contributed by atoms with E-state index in [-0.39, 0.29) is 17.5 Å². The zero-order valence-electron chi connectivity index (χ0n) is 13.0. The Morgan fingerprint density at radius 2 is 2.18 bits per heavy atom. The molecule has 3 aliphatic heterocycles. The quantitative estimate of drug-likeness (QED) is 0.925. The van der Waals surface area contributed by atoms with Crippen LogP contribution in [0.25, 0.3) is 11.1 Å². The van der Waals surface area contributed by atoms with Crippen molar-refractivity contribution in [1.82, 2.24) is 15.2 Å². The predicted molar refractivity (Wildman–Crippen MR) is 83.6 cm³/mol. The molecule has 22 heavy (non-hydrogen) atoms. The summed E-state index contributed by atoms with van der Waals surface area (Å²) in [6, 6.07) is 3.87. The molecule has 1 unspecified atom stereocenters. The van der Waals surface area contributed by atoms with E-state index in [2.05, 4.69) is 29.0 Å². The van der Waals surface area contributed by atoms with Crippen LogP contribution in [0.15, 0.2) is 29.0 Å². The van der Waals surface area contributed by atoms with Gasteiger partial charge < -0.3 is 9.73 Å². The zero-order valence-corrected chi connectivity index (χ0v) is 13.0. The standard InChI is InChI=1S/C17H21N3O2/c1-17(2)14(11-3-6-20(17)7-4-11)19-15(21)13-9-12-5-8-22-16(12)18-10-13/h5,8-11,14H,3-4,6-7H2,1-2H3,(H,19,21). The van der Waals surface area contributed by atoms with Crippen molar-refractivity contribution in [2.45, 2.75) is 38.3 Å². The normalized spacial score (nSPS) is 29.6. The molecule has 116 valence electrons. The maximum atomic E-state index is 12.6. The highest BCUT2D eigenvalue weighted by atomic mass is 16.3. The molecule has 0 saturated carbocycles. The molecule has 1 amide bonds. The molecule has 1 N–H and O–H groups in total. The third-order valence-corrected chi connectivity index (χ3v) is 5.44. The Balaban J connectivity index is 1.58. The van der Waals surface area contributed by atoms with Crippen molar-refractivity contribution in [3.8, 4) is 0 Å². The Morgan fingerprint density at radius 1 is 1.41 bits per heavy atom. The van der Waals surface area contributed by atoms with Gasteiger partial charge in [0.15, 0.2) is 0 Å². The minimum atomic E-state index is -0.0394. The number of aromatic nitrogens is 1. The highest BCUT2D eigenvalue weighted by molar-refractivity contribution is 5.96. The fourth-order valence-electron chi connectivity index (χ4n) is 4.08. The molecule has 5 nitrogen and oxygen atoms in total. The van der Waals surface area contributed by atoms with Crippen LogP contribution in [0.4, 0.5) is 0 Å². The summed E-state index contributed by atoms with van der Waals surface area (Å²) in [5.41, 5.74) is 1.19. The highest BCUT2D eigenvalue weighted by Crippen LogP contribution is 2.39. The summed E-state index contributed by atoms with van der Waals surface area (Å²) in [6.45, 7) is 6.76. The molecule has 2 aromatic heterocycles. The number of pyridine rings is 1. The number of amides is 1. The summed E-state index contributed by atoms with van der Waals surface area (Å²) in [4.78, 5) is 19.3. The maximum absolute atomic E-state index is 12.6. The van der Waals surface area contributed by atoms with Gasteiger partial charge >= 0.3 is 0 Å². The van der Waals surface area contributed by atoms with E-state index in [1.54, 1.807) is 12.5 Å². The van der Waals surface area contributed by atoms with Gasteiger partial charge in [-0.3, -0.25) is 9.69 Å². The van der Waals surface area contributed by atoms with Crippen molar-refractivity contribution >= 4 is 17.0 Å². The molecule has 5 rings (SSSR count). The van der Waals surface area contributed by atoms with Crippen LogP contribution >= 0.6 is 0 Å². The first kappa shape index (κ1) is 13.8. The van der Waals surface area contributed by atoms with Gasteiger partial charge in [-0.2, -0.15) is 0 Å². The van der Waals surface area contributed by atoms with Crippen LogP contribution in [0.5, 0.6) is 0 Å². The van der Waals surface area contributed by atoms with Crippen molar-refractivity contribution in [3.05, 3.63) is 30.2 Å². The predicted octanol–water partition coefficient (Wildman–Crippen LogP) is 2.43. The van der Waals surface area contributed by atoms with Crippen LogP contribution < -0.4 is 5.32 Å². The van der Waals surface area contributed by atoms with E-state index >= 15 is 0 Å². The van der Waals surface area contributed by atoms with Gasteiger partial charge in [0, 0.05) is 23.2 Å². The Labute approximate surface area is 129 Å². The van der Waals surface area contributed by atoms with Gasteiger partial charge in [0.1, 0.15) is 0 Å². The van der Waals surface area contributed by atoms with Crippen LogP contribution in [-0.4, -0.2) is 40.5 Å². The van der Waals surface area contributed by atoms with Gasteiger partial charge in [0.05, 0.1) is 11.8 Å². The Bertz CT molecular complexity index is 714. The van der Waals surface area contributed by atoms with E-state index in [4.69, 9.17) is 4.42 Å². The minimum absolute atomic E-state index is 0.0179. The van der Waals surface area contributed by atoms with E-state index < -0.39 is 0 Å². The average molecular weight is 299 g/mol. The number of fused-ring (bicyclic) bond motifs is 4. The molecule has 0 radical (unpaired) electrons. The fourth-order valence-corrected chi connectivity index (χ4v) is 4.08. The molecule has 0 aliphatic carbocycles. The van der Waals surface area contributed by atoms with Gasteiger partial charge in [-0.25, -0.2) is 4.98 Å². The zero-order chi connectivity index (χ0) is 15.3. The first-order chi connectivity index (χ1) is 10.6. The SMILES string of the molecule is CC1(C)C(NC(=O)c2cnc3occc3c2)C2CCN1CC2. The van der Waals surface area contributed by atoms with Gasteiger partial charge in [-0.05, 0) is 57.8 Å². The Kier molecular flexibility index (Phi) is 3.01. The van der Waals surface area contributed by atoms with Crippen molar-refractivity contribution < 1.29 is 9.21 Å². The lowest BCUT2D eigenvalue weighted by Gasteiger charge is -2.56. The lowest BCUT2D eigenvalue weighted by molar-refractivity contribution is -0.0378. The summed E-state index contributed by atoms with van der Waals surface area (Å²) >= 11 is 0. The maximum Gasteiger partial charge on any atom is 0.253 e. The molecule has 2 aromatic rings. The molecule has 5 heteroatoms. The first-order valence-corrected chi connectivity index (χ1v) is 7.95. The summed E-state index contributed by atoms with van der Waals surface area (Å²) in [5, 5.41) is 4.12. The second-order valence-electron chi connectivity index (χ2n) is 6.97. The van der Waals surface area contributed by atoms with E-state index in [1.165, 1.54) is 12.8 Å². The Morgan fingerprint density at radius 3 is 2.91 bits per heavy atom. The van der Waals surface area contributed by atoms with Crippen LogP contribution in [0.3, 0.4) is 0 Å². The molecule has 2 bridgehead atoms. The molecule has 3 aliphatic rings. The average Bonchev–Trinajstić information content (AvgIpc) is 2.98. The number of carbonyl (C=O) groups is 1. The number of nitrogens with zero attached hydrogens (tertiary/aromatic N) is 2. The van der Waals surface area contributed by atoms with E-state index in [9.17, 15) is 4.79 Å². The topological polar surface area (TPSA) is 58.4 Å². The largest absolute Gasteiger partial charge is 0.446 e. The Hall–Kier alpha value is -1.88. The number of hydrogen-bond acceptors (Lipinski definition) is 4. The van der Waals surface area contributed by atoms with Crippen LogP contribution in [0.1, 0.15) is 37.0 Å². The molecule has 0 aromatic carbocycles. The third-order valence-electron chi connectivity index (χ3n) is 5.44. The first-order valence-electron chi connectivity index (χ1n) is 7.95. The lowest BCUT2D eigenvalue weighted by Crippen LogP contribution is -2.69. The number of carbonyl (C=O) groups excluding carboxylic acids is 1. The summed E-state index contributed by atoms with van der Waals surface area (Å²) in [7, 11) is 0. The highest BCUT2D eigenvalue weighted by Gasteiger charge is 2.48. The molecule has 0 spiro atoms. The number of hydrogen-bond donors (Lipinski definition) is 1. The molecular formula is C17H21N3O2. The second-order valence-corrected chi connectivity index (χ2v) is 6.97. The molecule has 1 atom stereocenters. The lowest BCUT2D eigenvalue weighted by atomic mass is 9.72. The number of nitrogens with one attached hydrogen (secondary N) is 1. The fraction of sp³-hybridized carbons (Fsp3) is 0.529. The molecular weight excluding hydrogens is 278 g/mol. The number of furan rings is 1. The van der Waals surface area contributed by atoms with Crippen molar-refractivity contribution in [3.63, 3.8) is 0 Å². The molecule has 3 saturated heterocycles. The van der Waals surface area contributed by atoms with Gasteiger partial charge in [-0.1, -0.05) is 0 Å². The second kappa shape index (κ2) is 4.81. The van der Waals surface area contributed by atoms with Gasteiger partial charge in [-0.15, -0.1) is 0 Å². The van der Waals surface area contributed by atoms with Crippen molar-refractivity contribution in [2.24, 2.45) is 5.92 Å². The third kappa shape index (κ3) is 2.03. The minimum Gasteiger partial charge on any atom is -0.446 e. The monoisotopic (exact) mass is 299 g/mol. The smallest absolute Gasteiger partial charge is 0.253 e. The summed E-state index contributed by atoms with van der Waals surface area (Å²) < 4.78 is 5.23. The summed E-state index contributed by atoms with van der Waals surface area (Å²) in [5.74, 6) is 0.539. The van der Waals surface area contributed by atoms with E-state index in [0.29, 0.717) is 17.2 Å². The molecule has 3 fully saturated rings. The van der Waals surface area contributed by atoms with Crippen LogP contribution in [0, 0.1) is 5.92 Å². The van der Waals surface area contributed by atoms with E-state index in [1.807, 2.05) is 12.1 Å². The number of rotatable bonds is 2. The van der Waals surface area contributed by atoms with Crippen molar-refractivity contribution in [2.75, 3.05) is 13.1 Å². The van der Waals surface area contributed by atoms with E-state index in [0.717, 1.165) is 18.5 Å². The van der Waals surface area contributed by atoms with Gasteiger partial charge in [0.2, 0.25) is 5.71 Å². The van der Waals surface area contributed by atoms with Gasteiger partial charge in [0.25, 0.3) is 5.91 Å². The van der Waals surface area contributed by atoms with Crippen LogP contribution in [-0.2, 0) is 0 Å². The van der Waals surface area contributed by atoms with Crippen molar-refractivity contribution in [1.29, 1.82) is 0 Å².